The Hall–Kier alpha value is -2.20. The lowest BCUT2D eigenvalue weighted by molar-refractivity contribution is -0.145. The fraction of sp³-hybridized carbons (Fsp3) is 0.455. The largest absolute Gasteiger partial charge is 0.480 e. The van der Waals surface area contributed by atoms with Gasteiger partial charge in [-0.3, -0.25) is 14.7 Å². The van der Waals surface area contributed by atoms with E-state index in [1.807, 2.05) is 19.2 Å². The third-order valence-electron chi connectivity index (χ3n) is 5.29. The van der Waals surface area contributed by atoms with Gasteiger partial charge in [0.25, 0.3) is 0 Å². The lowest BCUT2D eigenvalue weighted by Gasteiger charge is -2.39. The number of hydrogen-bond donors (Lipinski definition) is 1. The predicted octanol–water partition coefficient (Wildman–Crippen LogP) is 4.54. The van der Waals surface area contributed by atoms with Gasteiger partial charge in [0.1, 0.15) is 6.04 Å². The van der Waals surface area contributed by atoms with Crippen LogP contribution in [0.5, 0.6) is 0 Å². The fourth-order valence-electron chi connectivity index (χ4n) is 3.76. The number of nitrogens with zero attached hydrogens (tertiary/aromatic N) is 2. The minimum Gasteiger partial charge on any atom is -0.480 e. The topological polar surface area (TPSA) is 53.4 Å². The smallest absolute Gasteiger partial charge is 0.320 e. The summed E-state index contributed by atoms with van der Waals surface area (Å²) >= 11 is 0. The highest BCUT2D eigenvalue weighted by molar-refractivity contribution is 5.73. The van der Waals surface area contributed by atoms with Gasteiger partial charge >= 0.3 is 5.97 Å². The highest BCUT2D eigenvalue weighted by Gasteiger charge is 2.35. The lowest BCUT2D eigenvalue weighted by Crippen LogP contribution is -2.47. The van der Waals surface area contributed by atoms with E-state index in [2.05, 4.69) is 54.1 Å². The molecule has 1 aromatic heterocycles. The molecular weight excluding hydrogens is 324 g/mol. The van der Waals surface area contributed by atoms with Crippen LogP contribution in [-0.4, -0.2) is 33.5 Å². The van der Waals surface area contributed by atoms with Crippen LogP contribution in [0.1, 0.15) is 67.5 Å². The summed E-state index contributed by atoms with van der Waals surface area (Å²) in [4.78, 5) is 18.6. The van der Waals surface area contributed by atoms with E-state index in [9.17, 15) is 9.90 Å². The Kier molecular flexibility index (Phi) is 5.72. The quantitative estimate of drug-likeness (QED) is 0.858. The molecule has 0 amide bonds. The van der Waals surface area contributed by atoms with E-state index >= 15 is 0 Å². The van der Waals surface area contributed by atoms with Gasteiger partial charge in [-0.15, -0.1) is 0 Å². The minimum absolute atomic E-state index is 0.127. The van der Waals surface area contributed by atoms with Crippen molar-refractivity contribution in [1.82, 2.24) is 9.88 Å². The van der Waals surface area contributed by atoms with Gasteiger partial charge in [-0.1, -0.05) is 50.6 Å². The average Bonchev–Trinajstić information content (AvgIpc) is 2.64. The van der Waals surface area contributed by atoms with E-state index in [1.54, 1.807) is 0 Å². The van der Waals surface area contributed by atoms with Crippen molar-refractivity contribution >= 4 is 5.97 Å². The van der Waals surface area contributed by atoms with Crippen LogP contribution in [0.15, 0.2) is 42.6 Å². The van der Waals surface area contributed by atoms with E-state index in [0.717, 1.165) is 36.2 Å². The Morgan fingerprint density at radius 1 is 1.12 bits per heavy atom. The monoisotopic (exact) mass is 352 g/mol. The first kappa shape index (κ1) is 18.6. The zero-order valence-electron chi connectivity index (χ0n) is 15.9. The Morgan fingerprint density at radius 2 is 1.81 bits per heavy atom. The Balaban J connectivity index is 2.03. The van der Waals surface area contributed by atoms with Gasteiger partial charge < -0.3 is 5.11 Å². The molecule has 1 aromatic carbocycles. The Morgan fingerprint density at radius 3 is 2.38 bits per heavy atom. The maximum Gasteiger partial charge on any atom is 0.320 e. The number of aromatic nitrogens is 1. The van der Waals surface area contributed by atoms with Crippen molar-refractivity contribution < 1.29 is 9.90 Å². The second kappa shape index (κ2) is 8.00. The van der Waals surface area contributed by atoms with Gasteiger partial charge in [0.2, 0.25) is 0 Å². The molecule has 0 aliphatic carbocycles. The summed E-state index contributed by atoms with van der Waals surface area (Å²) in [5.74, 6) is -0.262. The molecule has 4 heteroatoms. The summed E-state index contributed by atoms with van der Waals surface area (Å²) in [7, 11) is 0. The number of carboxylic acid groups (broad SMARTS) is 1. The summed E-state index contributed by atoms with van der Waals surface area (Å²) in [5, 5.41) is 9.75. The lowest BCUT2D eigenvalue weighted by atomic mass is 9.92. The summed E-state index contributed by atoms with van der Waals surface area (Å²) < 4.78 is 0. The molecule has 1 aliphatic rings. The molecule has 2 unspecified atom stereocenters. The number of aryl methyl sites for hydroxylation is 1. The summed E-state index contributed by atoms with van der Waals surface area (Å²) in [6.07, 6.45) is 4.55. The molecule has 2 aromatic rings. The first-order chi connectivity index (χ1) is 12.5. The SMILES string of the molecule is Cc1ccc(C(c2ccc(C(C)C)cc2)N2CCCCC2C(=O)O)nc1. The Bertz CT molecular complexity index is 738. The van der Waals surface area contributed by atoms with Crippen LogP contribution in [-0.2, 0) is 4.79 Å². The number of likely N-dealkylation sites (tertiary alicyclic amines) is 1. The standard InChI is InChI=1S/C22H28N2O2/c1-15(2)17-8-10-18(11-9-17)21(19-12-7-16(3)14-23-19)24-13-5-4-6-20(24)22(25)26/h7-12,14-15,20-21H,4-6,13H2,1-3H3,(H,25,26). The molecule has 2 atom stereocenters. The number of pyridine rings is 1. The normalized spacial score (nSPS) is 19.5. The molecule has 26 heavy (non-hydrogen) atoms. The van der Waals surface area contributed by atoms with E-state index in [1.165, 1.54) is 5.56 Å². The van der Waals surface area contributed by atoms with Crippen LogP contribution in [0.3, 0.4) is 0 Å². The molecule has 3 rings (SSSR count). The second-order valence-corrected chi connectivity index (χ2v) is 7.57. The van der Waals surface area contributed by atoms with Crippen molar-refractivity contribution in [3.05, 3.63) is 65.0 Å². The maximum absolute atomic E-state index is 11.9. The molecule has 0 bridgehead atoms. The van der Waals surface area contributed by atoms with Crippen molar-refractivity contribution in [2.75, 3.05) is 6.54 Å². The van der Waals surface area contributed by atoms with Crippen molar-refractivity contribution in [3.63, 3.8) is 0 Å². The predicted molar refractivity (Wildman–Crippen MR) is 103 cm³/mol. The van der Waals surface area contributed by atoms with Crippen LogP contribution >= 0.6 is 0 Å². The van der Waals surface area contributed by atoms with Gasteiger partial charge in [-0.2, -0.15) is 0 Å². The summed E-state index contributed by atoms with van der Waals surface area (Å²) in [5.41, 5.74) is 4.42. The van der Waals surface area contributed by atoms with Crippen LogP contribution < -0.4 is 0 Å². The summed E-state index contributed by atoms with van der Waals surface area (Å²) in [6.45, 7) is 7.16. The molecule has 0 radical (unpaired) electrons. The summed E-state index contributed by atoms with van der Waals surface area (Å²) in [6, 6.07) is 12.1. The zero-order chi connectivity index (χ0) is 18.7. The molecule has 0 saturated carbocycles. The molecule has 1 fully saturated rings. The van der Waals surface area contributed by atoms with E-state index in [4.69, 9.17) is 0 Å². The number of carbonyl (C=O) groups is 1. The number of hydrogen-bond acceptors (Lipinski definition) is 3. The van der Waals surface area contributed by atoms with Gasteiger partial charge in [0, 0.05) is 6.20 Å². The van der Waals surface area contributed by atoms with Gasteiger partial charge in [-0.05, 0) is 55.0 Å². The number of carboxylic acids is 1. The number of piperidine rings is 1. The zero-order valence-corrected chi connectivity index (χ0v) is 15.9. The van der Waals surface area contributed by atoms with E-state index < -0.39 is 12.0 Å². The maximum atomic E-state index is 11.9. The molecular formula is C22H28N2O2. The molecule has 0 spiro atoms. The van der Waals surface area contributed by atoms with Crippen molar-refractivity contribution in [3.8, 4) is 0 Å². The third kappa shape index (κ3) is 3.96. The van der Waals surface area contributed by atoms with Crippen molar-refractivity contribution in [2.24, 2.45) is 0 Å². The highest BCUT2D eigenvalue weighted by Crippen LogP contribution is 2.34. The Labute approximate surface area is 155 Å². The van der Waals surface area contributed by atoms with Gasteiger partial charge in [0.15, 0.2) is 0 Å². The van der Waals surface area contributed by atoms with Crippen LogP contribution in [0.25, 0.3) is 0 Å². The third-order valence-corrected chi connectivity index (χ3v) is 5.29. The molecule has 1 saturated heterocycles. The molecule has 4 nitrogen and oxygen atoms in total. The second-order valence-electron chi connectivity index (χ2n) is 7.57. The molecule has 1 N–H and O–H groups in total. The van der Waals surface area contributed by atoms with Crippen molar-refractivity contribution in [1.29, 1.82) is 0 Å². The van der Waals surface area contributed by atoms with Gasteiger partial charge in [0.05, 0.1) is 11.7 Å². The van der Waals surface area contributed by atoms with Crippen LogP contribution in [0.4, 0.5) is 0 Å². The minimum atomic E-state index is -0.736. The number of benzene rings is 1. The van der Waals surface area contributed by atoms with Crippen molar-refractivity contribution in [2.45, 2.75) is 58.0 Å². The van der Waals surface area contributed by atoms with Gasteiger partial charge in [-0.25, -0.2) is 0 Å². The number of aliphatic carboxylic acids is 1. The molecule has 1 aliphatic heterocycles. The van der Waals surface area contributed by atoms with Crippen LogP contribution in [0.2, 0.25) is 0 Å². The van der Waals surface area contributed by atoms with Crippen LogP contribution in [0, 0.1) is 6.92 Å². The van der Waals surface area contributed by atoms with E-state index in [-0.39, 0.29) is 6.04 Å². The first-order valence-corrected chi connectivity index (χ1v) is 9.48. The molecule has 2 heterocycles. The first-order valence-electron chi connectivity index (χ1n) is 9.48. The highest BCUT2D eigenvalue weighted by atomic mass is 16.4. The number of rotatable bonds is 5. The molecule has 138 valence electrons. The van der Waals surface area contributed by atoms with E-state index in [0.29, 0.717) is 12.3 Å². The average molecular weight is 352 g/mol. The fourth-order valence-corrected chi connectivity index (χ4v) is 3.76.